The Morgan fingerprint density at radius 2 is 1.55 bits per heavy atom. The summed E-state index contributed by atoms with van der Waals surface area (Å²) < 4.78 is 0. The van der Waals surface area contributed by atoms with Gasteiger partial charge in [0.2, 0.25) is 0 Å². The quantitative estimate of drug-likeness (QED) is 0.546. The normalized spacial score (nSPS) is 21.2. The molecule has 2 aromatic rings. The number of anilines is 1. The van der Waals surface area contributed by atoms with Gasteiger partial charge >= 0.3 is 0 Å². The number of nitrogens with one attached hydrogen (secondary N) is 2. The van der Waals surface area contributed by atoms with Gasteiger partial charge in [-0.15, -0.1) is 11.3 Å². The van der Waals surface area contributed by atoms with Crippen molar-refractivity contribution in [3.8, 4) is 10.4 Å². The fourth-order valence-corrected chi connectivity index (χ4v) is 6.28. The van der Waals surface area contributed by atoms with Crippen molar-refractivity contribution in [3.63, 3.8) is 0 Å². The SMILES string of the molecule is CN1CCC(NCC(Nc2ccc(-c3ccc(C4CCN(C)CC4)cc3)s2)=C2CCC2)CC1. The van der Waals surface area contributed by atoms with Gasteiger partial charge in [-0.25, -0.2) is 0 Å². The third kappa shape index (κ3) is 5.89. The largest absolute Gasteiger partial charge is 0.350 e. The van der Waals surface area contributed by atoms with Crippen molar-refractivity contribution >= 4 is 16.3 Å². The van der Waals surface area contributed by atoms with Gasteiger partial charge in [0, 0.05) is 23.2 Å². The van der Waals surface area contributed by atoms with E-state index in [9.17, 15) is 0 Å². The fraction of sp³-hybridized carbons (Fsp3) is 0.571. The number of hydrogen-bond acceptors (Lipinski definition) is 5. The van der Waals surface area contributed by atoms with Gasteiger partial charge < -0.3 is 20.4 Å². The molecule has 1 aliphatic carbocycles. The number of nitrogens with zero attached hydrogens (tertiary/aromatic N) is 2. The summed E-state index contributed by atoms with van der Waals surface area (Å²) in [5, 5.41) is 8.92. The summed E-state index contributed by atoms with van der Waals surface area (Å²) in [4.78, 5) is 6.24. The van der Waals surface area contributed by atoms with Crippen LogP contribution in [-0.4, -0.2) is 62.7 Å². The van der Waals surface area contributed by atoms with Crippen LogP contribution in [0.2, 0.25) is 0 Å². The summed E-state index contributed by atoms with van der Waals surface area (Å²) in [6.45, 7) is 5.83. The minimum atomic E-state index is 0.653. The minimum Gasteiger partial charge on any atom is -0.350 e. The first-order valence-electron chi connectivity index (χ1n) is 12.9. The molecule has 1 aromatic carbocycles. The van der Waals surface area contributed by atoms with Crippen molar-refractivity contribution in [2.75, 3.05) is 52.1 Å². The molecule has 0 amide bonds. The molecule has 5 rings (SSSR count). The highest BCUT2D eigenvalue weighted by Crippen LogP contribution is 2.36. The highest BCUT2D eigenvalue weighted by molar-refractivity contribution is 7.19. The summed E-state index contributed by atoms with van der Waals surface area (Å²) in [6, 6.07) is 14.6. The van der Waals surface area contributed by atoms with Crippen LogP contribution >= 0.6 is 11.3 Å². The molecule has 2 saturated heterocycles. The highest BCUT2D eigenvalue weighted by Gasteiger charge is 2.20. The molecule has 0 unspecified atom stereocenters. The van der Waals surface area contributed by atoms with E-state index in [0.717, 1.165) is 12.5 Å². The summed E-state index contributed by atoms with van der Waals surface area (Å²) in [5.41, 5.74) is 5.89. The Morgan fingerprint density at radius 3 is 2.18 bits per heavy atom. The first-order valence-corrected chi connectivity index (χ1v) is 13.7. The van der Waals surface area contributed by atoms with E-state index in [1.807, 2.05) is 11.3 Å². The van der Waals surface area contributed by atoms with E-state index in [-0.39, 0.29) is 0 Å². The number of rotatable bonds is 7. The number of thiophene rings is 1. The molecule has 2 aliphatic heterocycles. The first kappa shape index (κ1) is 23.1. The van der Waals surface area contributed by atoms with Crippen LogP contribution in [0.5, 0.6) is 0 Å². The zero-order chi connectivity index (χ0) is 22.6. The van der Waals surface area contributed by atoms with Crippen molar-refractivity contribution in [1.29, 1.82) is 0 Å². The van der Waals surface area contributed by atoms with Crippen LogP contribution in [0.4, 0.5) is 5.00 Å². The van der Waals surface area contributed by atoms with Crippen LogP contribution in [0.15, 0.2) is 47.7 Å². The lowest BCUT2D eigenvalue weighted by molar-refractivity contribution is 0.237. The summed E-state index contributed by atoms with van der Waals surface area (Å²) in [6.07, 6.45) is 8.94. The number of benzene rings is 1. The van der Waals surface area contributed by atoms with E-state index in [1.165, 1.54) is 97.8 Å². The Morgan fingerprint density at radius 1 is 0.879 bits per heavy atom. The number of allylic oxidation sites excluding steroid dienone is 1. The second kappa shape index (κ2) is 10.7. The maximum absolute atomic E-state index is 3.84. The number of likely N-dealkylation sites (tertiary alicyclic amines) is 2. The predicted molar refractivity (Wildman–Crippen MR) is 142 cm³/mol. The van der Waals surface area contributed by atoms with Crippen LogP contribution < -0.4 is 10.6 Å². The number of hydrogen-bond donors (Lipinski definition) is 2. The third-order valence-corrected chi connectivity index (χ3v) is 8.98. The van der Waals surface area contributed by atoms with Gasteiger partial charge in [-0.3, -0.25) is 0 Å². The molecule has 3 fully saturated rings. The molecule has 33 heavy (non-hydrogen) atoms. The Balaban J connectivity index is 1.20. The smallest absolute Gasteiger partial charge is 0.0930 e. The monoisotopic (exact) mass is 464 g/mol. The molecule has 2 N–H and O–H groups in total. The lowest BCUT2D eigenvalue weighted by Crippen LogP contribution is -2.42. The molecule has 5 heteroatoms. The average molecular weight is 465 g/mol. The Hall–Kier alpha value is -1.66. The summed E-state index contributed by atoms with van der Waals surface area (Å²) in [5.74, 6) is 0.726. The van der Waals surface area contributed by atoms with Crippen molar-refractivity contribution in [2.45, 2.75) is 56.9 Å². The average Bonchev–Trinajstić information content (AvgIpc) is 3.26. The molecule has 0 radical (unpaired) electrons. The van der Waals surface area contributed by atoms with E-state index >= 15 is 0 Å². The van der Waals surface area contributed by atoms with Crippen LogP contribution in [0.25, 0.3) is 10.4 Å². The fourth-order valence-electron chi connectivity index (χ4n) is 5.34. The standard InChI is InChI=1S/C28H40N4S/c1-31-16-12-22(13-17-31)21-6-8-24(9-7-21)27-10-11-28(33-27)30-26(23-4-3-5-23)20-29-25-14-18-32(2)19-15-25/h6-11,22,25,29-30H,3-5,12-20H2,1-2H3. The maximum atomic E-state index is 3.84. The highest BCUT2D eigenvalue weighted by atomic mass is 32.1. The molecular weight excluding hydrogens is 424 g/mol. The van der Waals surface area contributed by atoms with Crippen molar-refractivity contribution < 1.29 is 0 Å². The van der Waals surface area contributed by atoms with Crippen LogP contribution in [0.1, 0.15) is 56.4 Å². The predicted octanol–water partition coefficient (Wildman–Crippen LogP) is 5.76. The van der Waals surface area contributed by atoms with Gasteiger partial charge in [0.05, 0.1) is 5.00 Å². The summed E-state index contributed by atoms with van der Waals surface area (Å²) in [7, 11) is 4.47. The van der Waals surface area contributed by atoms with Gasteiger partial charge in [-0.05, 0) is 120 Å². The van der Waals surface area contributed by atoms with E-state index in [0.29, 0.717) is 6.04 Å². The Kier molecular flexibility index (Phi) is 7.51. The third-order valence-electron chi connectivity index (χ3n) is 7.94. The molecule has 0 atom stereocenters. The van der Waals surface area contributed by atoms with E-state index in [1.54, 1.807) is 5.57 Å². The van der Waals surface area contributed by atoms with Gasteiger partial charge in [-0.2, -0.15) is 0 Å². The Bertz CT molecular complexity index is 925. The molecular formula is C28H40N4S. The Labute approximate surface area is 204 Å². The molecule has 0 bridgehead atoms. The molecule has 4 nitrogen and oxygen atoms in total. The molecule has 3 aliphatic rings. The van der Waals surface area contributed by atoms with Gasteiger partial charge in [0.25, 0.3) is 0 Å². The van der Waals surface area contributed by atoms with Crippen molar-refractivity contribution in [2.24, 2.45) is 0 Å². The second-order valence-electron chi connectivity index (χ2n) is 10.4. The molecule has 1 aromatic heterocycles. The minimum absolute atomic E-state index is 0.653. The van der Waals surface area contributed by atoms with E-state index < -0.39 is 0 Å². The zero-order valence-electron chi connectivity index (χ0n) is 20.4. The van der Waals surface area contributed by atoms with Crippen LogP contribution in [0, 0.1) is 0 Å². The molecule has 1 saturated carbocycles. The lowest BCUT2D eigenvalue weighted by atomic mass is 9.89. The molecule has 0 spiro atoms. The van der Waals surface area contributed by atoms with Crippen LogP contribution in [-0.2, 0) is 0 Å². The van der Waals surface area contributed by atoms with Crippen molar-refractivity contribution in [1.82, 2.24) is 15.1 Å². The van der Waals surface area contributed by atoms with E-state index in [4.69, 9.17) is 0 Å². The lowest BCUT2D eigenvalue weighted by Gasteiger charge is -2.31. The second-order valence-corrected chi connectivity index (χ2v) is 11.5. The van der Waals surface area contributed by atoms with Gasteiger partial charge in [0.15, 0.2) is 0 Å². The van der Waals surface area contributed by atoms with Gasteiger partial charge in [-0.1, -0.05) is 24.3 Å². The molecule has 3 heterocycles. The summed E-state index contributed by atoms with van der Waals surface area (Å²) >= 11 is 1.88. The zero-order valence-corrected chi connectivity index (χ0v) is 21.2. The van der Waals surface area contributed by atoms with Crippen LogP contribution in [0.3, 0.4) is 0 Å². The number of piperidine rings is 2. The molecule has 178 valence electrons. The topological polar surface area (TPSA) is 30.5 Å². The maximum Gasteiger partial charge on any atom is 0.0930 e. The first-order chi connectivity index (χ1) is 16.1. The van der Waals surface area contributed by atoms with Gasteiger partial charge in [0.1, 0.15) is 0 Å². The van der Waals surface area contributed by atoms with E-state index in [2.05, 4.69) is 70.9 Å². The van der Waals surface area contributed by atoms with Crippen molar-refractivity contribution in [3.05, 3.63) is 53.2 Å².